The fraction of sp³-hybridized carbons (Fsp3) is 0.280. The van der Waals surface area contributed by atoms with Crippen LogP contribution in [0.2, 0.25) is 0 Å². The molecule has 2 aromatic rings. The van der Waals surface area contributed by atoms with E-state index in [9.17, 15) is 17.2 Å². The molecule has 2 aromatic carbocycles. The number of hydrazine groups is 1. The summed E-state index contributed by atoms with van der Waals surface area (Å²) in [6.07, 6.45) is 4.63. The van der Waals surface area contributed by atoms with Crippen LogP contribution in [-0.4, -0.2) is 51.4 Å². The monoisotopic (exact) mass is 484 g/mol. The zero-order valence-electron chi connectivity index (χ0n) is 19.0. The molecule has 0 spiro atoms. The van der Waals surface area contributed by atoms with Crippen molar-refractivity contribution in [1.82, 2.24) is 14.6 Å². The lowest BCUT2D eigenvalue weighted by Gasteiger charge is -2.38. The third kappa shape index (κ3) is 4.04. The molecule has 1 aliphatic carbocycles. The lowest BCUT2D eigenvalue weighted by molar-refractivity contribution is 0.346. The zero-order valence-corrected chi connectivity index (χ0v) is 19.8. The standard InChI is InChI=1S/C25H26F2N4O2S/c1-29(2)15-24-22-14-28-31(20-7-3-18(26)4-8-20)25(22)13-17-11-12-30(16-23(17)24)34(32,33)21-9-5-19(27)6-10-21/h3-10,13-14,24,28H,11-12,15-16H2,1-2H3/t24-/m1/s1. The van der Waals surface area contributed by atoms with Crippen molar-refractivity contribution in [3.63, 3.8) is 0 Å². The third-order valence-electron chi connectivity index (χ3n) is 6.47. The van der Waals surface area contributed by atoms with Crippen molar-refractivity contribution in [3.8, 4) is 0 Å². The Morgan fingerprint density at radius 3 is 2.32 bits per heavy atom. The van der Waals surface area contributed by atoms with Gasteiger partial charge in [0.25, 0.3) is 0 Å². The molecule has 0 bridgehead atoms. The van der Waals surface area contributed by atoms with Crippen molar-refractivity contribution in [2.24, 2.45) is 5.92 Å². The summed E-state index contributed by atoms with van der Waals surface area (Å²) in [5, 5.41) is 1.93. The van der Waals surface area contributed by atoms with E-state index in [-0.39, 0.29) is 23.2 Å². The molecular weight excluding hydrogens is 458 g/mol. The molecule has 0 radical (unpaired) electrons. The summed E-state index contributed by atoms with van der Waals surface area (Å²) >= 11 is 0. The van der Waals surface area contributed by atoms with E-state index in [1.54, 1.807) is 12.1 Å². The van der Waals surface area contributed by atoms with E-state index < -0.39 is 15.8 Å². The number of allylic oxidation sites excluding steroid dienone is 2. The average molecular weight is 485 g/mol. The van der Waals surface area contributed by atoms with Crippen molar-refractivity contribution >= 4 is 15.7 Å². The van der Waals surface area contributed by atoms with Crippen LogP contribution in [-0.2, 0) is 10.0 Å². The summed E-state index contributed by atoms with van der Waals surface area (Å²) in [4.78, 5) is 2.19. The molecule has 0 aromatic heterocycles. The lowest BCUT2D eigenvalue weighted by Crippen LogP contribution is -2.42. The highest BCUT2D eigenvalue weighted by molar-refractivity contribution is 7.89. The van der Waals surface area contributed by atoms with E-state index in [4.69, 9.17) is 0 Å². The maximum Gasteiger partial charge on any atom is 0.243 e. The van der Waals surface area contributed by atoms with Crippen LogP contribution in [0.15, 0.2) is 88.1 Å². The van der Waals surface area contributed by atoms with Crippen LogP contribution in [0.25, 0.3) is 0 Å². The summed E-state index contributed by atoms with van der Waals surface area (Å²) in [5.41, 5.74) is 8.37. The molecule has 2 heterocycles. The van der Waals surface area contributed by atoms with Gasteiger partial charge in [-0.25, -0.2) is 17.2 Å². The Hall–Kier alpha value is -3.01. The Kier molecular flexibility index (Phi) is 5.79. The van der Waals surface area contributed by atoms with Crippen LogP contribution in [0, 0.1) is 17.6 Å². The molecule has 6 nitrogen and oxygen atoms in total. The average Bonchev–Trinajstić information content (AvgIpc) is 3.23. The van der Waals surface area contributed by atoms with Gasteiger partial charge in [0.1, 0.15) is 11.6 Å². The fourth-order valence-electron chi connectivity index (χ4n) is 4.80. The van der Waals surface area contributed by atoms with Gasteiger partial charge in [0.05, 0.1) is 16.3 Å². The molecule has 178 valence electrons. The number of hydrogen-bond acceptors (Lipinski definition) is 5. The quantitative estimate of drug-likeness (QED) is 0.703. The first kappa shape index (κ1) is 22.8. The number of nitrogens with one attached hydrogen (secondary N) is 1. The number of anilines is 1. The molecule has 0 saturated carbocycles. The molecule has 1 atom stereocenters. The SMILES string of the molecule is CN(C)C[C@@H]1C2=CNN(c3ccc(F)cc3)C2=CC2=C1CN(S(=O)(=O)c1ccc(F)cc1)CC2. The van der Waals surface area contributed by atoms with Crippen LogP contribution in [0.3, 0.4) is 0 Å². The topological polar surface area (TPSA) is 55.9 Å². The van der Waals surface area contributed by atoms with Gasteiger partial charge in [0.15, 0.2) is 0 Å². The van der Waals surface area contributed by atoms with Gasteiger partial charge in [-0.05, 0) is 86.3 Å². The van der Waals surface area contributed by atoms with Gasteiger partial charge in [-0.3, -0.25) is 5.01 Å². The minimum absolute atomic E-state index is 0.00540. The van der Waals surface area contributed by atoms with Crippen LogP contribution >= 0.6 is 0 Å². The Morgan fingerprint density at radius 2 is 1.68 bits per heavy atom. The van der Waals surface area contributed by atoms with Crippen LogP contribution in [0.1, 0.15) is 6.42 Å². The number of sulfonamides is 1. The van der Waals surface area contributed by atoms with E-state index in [0.29, 0.717) is 19.5 Å². The molecule has 0 amide bonds. The number of halogens is 2. The first-order chi connectivity index (χ1) is 16.2. The minimum atomic E-state index is -3.74. The van der Waals surface area contributed by atoms with Crippen molar-refractivity contribution < 1.29 is 17.2 Å². The van der Waals surface area contributed by atoms with Crippen LogP contribution in [0.4, 0.5) is 14.5 Å². The predicted molar refractivity (Wildman–Crippen MR) is 127 cm³/mol. The number of nitrogens with zero attached hydrogens (tertiary/aromatic N) is 3. The largest absolute Gasteiger partial charge is 0.308 e. The minimum Gasteiger partial charge on any atom is -0.308 e. The second kappa shape index (κ2) is 8.65. The van der Waals surface area contributed by atoms with Gasteiger partial charge in [-0.2, -0.15) is 4.31 Å². The van der Waals surface area contributed by atoms with Crippen LogP contribution < -0.4 is 10.4 Å². The molecular formula is C25H26F2N4O2S. The summed E-state index contributed by atoms with van der Waals surface area (Å²) in [6, 6.07) is 11.3. The van der Waals surface area contributed by atoms with Crippen molar-refractivity contribution in [2.75, 3.05) is 38.7 Å². The molecule has 34 heavy (non-hydrogen) atoms. The highest BCUT2D eigenvalue weighted by Gasteiger charge is 2.39. The second-order valence-corrected chi connectivity index (χ2v) is 10.9. The fourth-order valence-corrected chi connectivity index (χ4v) is 6.22. The molecule has 0 fully saturated rings. The summed E-state index contributed by atoms with van der Waals surface area (Å²) in [6.45, 7) is 1.34. The molecule has 5 rings (SSSR count). The summed E-state index contributed by atoms with van der Waals surface area (Å²) in [5.74, 6) is -0.766. The van der Waals surface area contributed by atoms with E-state index in [0.717, 1.165) is 28.1 Å². The maximum absolute atomic E-state index is 13.5. The second-order valence-electron chi connectivity index (χ2n) is 8.98. The van der Waals surface area contributed by atoms with E-state index in [1.165, 1.54) is 40.7 Å². The van der Waals surface area contributed by atoms with Crippen LogP contribution in [0.5, 0.6) is 0 Å². The van der Waals surface area contributed by atoms with Gasteiger partial charge in [0, 0.05) is 37.3 Å². The smallest absolute Gasteiger partial charge is 0.243 e. The van der Waals surface area contributed by atoms with E-state index in [2.05, 4.69) is 16.4 Å². The Balaban J connectivity index is 1.50. The van der Waals surface area contributed by atoms with Gasteiger partial charge in [0.2, 0.25) is 10.0 Å². The molecule has 0 saturated heterocycles. The first-order valence-corrected chi connectivity index (χ1v) is 12.5. The number of benzene rings is 2. The maximum atomic E-state index is 13.5. The molecule has 0 unspecified atom stereocenters. The Bertz CT molecular complexity index is 1300. The highest BCUT2D eigenvalue weighted by Crippen LogP contribution is 2.43. The van der Waals surface area contributed by atoms with Crippen molar-refractivity contribution in [3.05, 3.63) is 94.9 Å². The highest BCUT2D eigenvalue weighted by atomic mass is 32.2. The van der Waals surface area contributed by atoms with Gasteiger partial charge in [-0.1, -0.05) is 0 Å². The molecule has 3 aliphatic rings. The Labute approximate surface area is 198 Å². The number of rotatable bonds is 5. The first-order valence-electron chi connectivity index (χ1n) is 11.1. The Morgan fingerprint density at radius 1 is 1.03 bits per heavy atom. The summed E-state index contributed by atoms with van der Waals surface area (Å²) in [7, 11) is 0.246. The third-order valence-corrected chi connectivity index (χ3v) is 8.33. The van der Waals surface area contributed by atoms with E-state index in [1.807, 2.05) is 25.3 Å². The lowest BCUT2D eigenvalue weighted by atomic mass is 9.79. The van der Waals surface area contributed by atoms with Crippen molar-refractivity contribution in [2.45, 2.75) is 11.3 Å². The van der Waals surface area contributed by atoms with Gasteiger partial charge < -0.3 is 10.3 Å². The van der Waals surface area contributed by atoms with Gasteiger partial charge in [-0.15, -0.1) is 0 Å². The summed E-state index contributed by atoms with van der Waals surface area (Å²) < 4.78 is 54.9. The number of hydrogen-bond donors (Lipinski definition) is 1. The van der Waals surface area contributed by atoms with Crippen molar-refractivity contribution in [1.29, 1.82) is 0 Å². The molecule has 9 heteroatoms. The van der Waals surface area contributed by atoms with E-state index >= 15 is 0 Å². The molecule has 1 N–H and O–H groups in total. The molecule has 2 aliphatic heterocycles. The predicted octanol–water partition coefficient (Wildman–Crippen LogP) is 3.64. The number of fused-ring (bicyclic) bond motifs is 1. The zero-order chi connectivity index (χ0) is 24.0. The normalized spacial score (nSPS) is 20.6. The van der Waals surface area contributed by atoms with Gasteiger partial charge >= 0.3 is 0 Å².